The molecule has 6 heteroatoms. The summed E-state index contributed by atoms with van der Waals surface area (Å²) in [7, 11) is 1.56. The largest absolute Gasteiger partial charge is 0.497 e. The van der Waals surface area contributed by atoms with Crippen molar-refractivity contribution < 1.29 is 24.2 Å². The van der Waals surface area contributed by atoms with E-state index in [4.69, 9.17) is 9.47 Å². The van der Waals surface area contributed by atoms with Crippen molar-refractivity contribution in [3.8, 4) is 5.75 Å². The molecule has 114 valence electrons. The number of benzene rings is 1. The van der Waals surface area contributed by atoms with Crippen molar-refractivity contribution >= 4 is 17.6 Å². The molecule has 3 aliphatic heterocycles. The molecule has 0 aliphatic carbocycles. The van der Waals surface area contributed by atoms with Crippen LogP contribution < -0.4 is 9.64 Å². The van der Waals surface area contributed by atoms with Gasteiger partial charge in [0.25, 0.3) is 0 Å². The molecule has 0 radical (unpaired) electrons. The fourth-order valence-corrected chi connectivity index (χ4v) is 3.78. The van der Waals surface area contributed by atoms with Crippen LogP contribution >= 0.6 is 0 Å². The van der Waals surface area contributed by atoms with Gasteiger partial charge in [-0.2, -0.15) is 0 Å². The number of carboxylic acid groups (broad SMARTS) is 1. The third-order valence-electron chi connectivity index (χ3n) is 4.75. The highest BCUT2D eigenvalue weighted by Gasteiger charge is 2.67. The fraction of sp³-hybridized carbons (Fsp3) is 0.375. The van der Waals surface area contributed by atoms with Crippen molar-refractivity contribution in [2.45, 2.75) is 11.7 Å². The molecule has 2 fully saturated rings. The van der Waals surface area contributed by atoms with Gasteiger partial charge < -0.3 is 19.5 Å². The Bertz CT molecular complexity index is 700. The Balaban J connectivity index is 1.73. The van der Waals surface area contributed by atoms with E-state index in [9.17, 15) is 14.7 Å². The van der Waals surface area contributed by atoms with Crippen LogP contribution in [0.15, 0.2) is 36.4 Å². The second-order valence-corrected chi connectivity index (χ2v) is 5.86. The third kappa shape index (κ3) is 1.58. The Kier molecular flexibility index (Phi) is 2.62. The van der Waals surface area contributed by atoms with Gasteiger partial charge in [0.2, 0.25) is 5.91 Å². The molecule has 0 aromatic heterocycles. The lowest BCUT2D eigenvalue weighted by molar-refractivity contribution is -0.146. The molecule has 4 rings (SSSR count). The van der Waals surface area contributed by atoms with Crippen LogP contribution in [0.25, 0.3) is 0 Å². The first kappa shape index (κ1) is 13.3. The standard InChI is InChI=1S/C16H15NO5/c1-21-10-4-2-3-9(7-10)17-8-16-6-5-11(22-16)12(15(19)20)13(16)14(17)18/h2-7,11-13H,8H2,1H3,(H,19,20)/t11-,12-,13-,16-/m1/s1. The number of rotatable bonds is 3. The normalized spacial score (nSPS) is 35.0. The van der Waals surface area contributed by atoms with Gasteiger partial charge in [-0.25, -0.2) is 0 Å². The summed E-state index contributed by atoms with van der Waals surface area (Å²) in [5.74, 6) is -2.01. The van der Waals surface area contributed by atoms with Gasteiger partial charge in [0.15, 0.2) is 0 Å². The number of carbonyl (C=O) groups excluding carboxylic acids is 1. The zero-order valence-electron chi connectivity index (χ0n) is 11.9. The summed E-state index contributed by atoms with van der Waals surface area (Å²) in [5.41, 5.74) is -0.119. The minimum atomic E-state index is -0.984. The first-order chi connectivity index (χ1) is 10.6. The van der Waals surface area contributed by atoms with Crippen LogP contribution in [0.5, 0.6) is 5.75 Å². The van der Waals surface area contributed by atoms with E-state index in [1.165, 1.54) is 0 Å². The van der Waals surface area contributed by atoms with E-state index in [0.29, 0.717) is 18.0 Å². The van der Waals surface area contributed by atoms with E-state index in [1.807, 2.05) is 12.1 Å². The van der Waals surface area contributed by atoms with Crippen molar-refractivity contribution in [2.75, 3.05) is 18.6 Å². The predicted molar refractivity (Wildman–Crippen MR) is 76.7 cm³/mol. The van der Waals surface area contributed by atoms with E-state index >= 15 is 0 Å². The lowest BCUT2D eigenvalue weighted by atomic mass is 9.77. The minimum absolute atomic E-state index is 0.201. The maximum absolute atomic E-state index is 12.8. The Morgan fingerprint density at radius 1 is 1.50 bits per heavy atom. The van der Waals surface area contributed by atoms with Gasteiger partial charge in [0.1, 0.15) is 17.3 Å². The number of carboxylic acids is 1. The van der Waals surface area contributed by atoms with Crippen LogP contribution in [0.4, 0.5) is 5.69 Å². The molecule has 2 saturated heterocycles. The summed E-state index contributed by atoms with van der Waals surface area (Å²) in [5, 5.41) is 9.43. The third-order valence-corrected chi connectivity index (χ3v) is 4.75. The van der Waals surface area contributed by atoms with E-state index in [0.717, 1.165) is 0 Å². The first-order valence-corrected chi connectivity index (χ1v) is 7.11. The summed E-state index contributed by atoms with van der Waals surface area (Å²) in [6, 6.07) is 7.17. The number of aliphatic carboxylic acids is 1. The molecule has 1 N–H and O–H groups in total. The number of amides is 1. The smallest absolute Gasteiger partial charge is 0.310 e. The van der Waals surface area contributed by atoms with Crippen molar-refractivity contribution in [2.24, 2.45) is 11.8 Å². The Hall–Kier alpha value is -2.34. The molecule has 2 bridgehead atoms. The molecule has 1 amide bonds. The van der Waals surface area contributed by atoms with Gasteiger partial charge in [-0.15, -0.1) is 0 Å². The number of methoxy groups -OCH3 is 1. The van der Waals surface area contributed by atoms with Crippen molar-refractivity contribution in [1.29, 1.82) is 0 Å². The fourth-order valence-electron chi connectivity index (χ4n) is 3.78. The summed E-state index contributed by atoms with van der Waals surface area (Å²) in [6.07, 6.45) is 3.11. The van der Waals surface area contributed by atoms with Crippen molar-refractivity contribution in [1.82, 2.24) is 0 Å². The van der Waals surface area contributed by atoms with Crippen molar-refractivity contribution in [3.63, 3.8) is 0 Å². The number of carbonyl (C=O) groups is 2. The van der Waals surface area contributed by atoms with Crippen LogP contribution in [-0.2, 0) is 14.3 Å². The van der Waals surface area contributed by atoms with Crippen LogP contribution in [0.2, 0.25) is 0 Å². The molecule has 0 saturated carbocycles. The van der Waals surface area contributed by atoms with Crippen LogP contribution in [0, 0.1) is 11.8 Å². The maximum atomic E-state index is 12.8. The topological polar surface area (TPSA) is 76.1 Å². The van der Waals surface area contributed by atoms with Crippen LogP contribution in [0.3, 0.4) is 0 Å². The van der Waals surface area contributed by atoms with E-state index in [2.05, 4.69) is 0 Å². The molecule has 1 aromatic carbocycles. The summed E-state index contributed by atoms with van der Waals surface area (Å²) < 4.78 is 11.0. The molecule has 1 aromatic rings. The van der Waals surface area contributed by atoms with Crippen LogP contribution in [-0.4, -0.2) is 42.3 Å². The number of anilines is 1. The van der Waals surface area contributed by atoms with E-state index in [1.54, 1.807) is 36.3 Å². The SMILES string of the molecule is COc1cccc(N2C[C@@]34C=C[C@@H](O3)[C@@H](C(=O)O)[C@@H]4C2=O)c1. The predicted octanol–water partition coefficient (Wildman–Crippen LogP) is 1.07. The van der Waals surface area contributed by atoms with Gasteiger partial charge in [0.05, 0.1) is 25.7 Å². The molecule has 3 aliphatic rings. The Morgan fingerprint density at radius 3 is 3.05 bits per heavy atom. The lowest BCUT2D eigenvalue weighted by Crippen LogP contribution is -2.39. The molecule has 6 nitrogen and oxygen atoms in total. The Labute approximate surface area is 126 Å². The number of hydrogen-bond acceptors (Lipinski definition) is 4. The molecule has 3 heterocycles. The highest BCUT2D eigenvalue weighted by molar-refractivity contribution is 6.02. The Morgan fingerprint density at radius 2 is 2.32 bits per heavy atom. The number of fused-ring (bicyclic) bond motifs is 1. The molecule has 0 unspecified atom stereocenters. The van der Waals surface area contributed by atoms with E-state index < -0.39 is 29.5 Å². The van der Waals surface area contributed by atoms with Gasteiger partial charge in [-0.1, -0.05) is 18.2 Å². The van der Waals surface area contributed by atoms with Gasteiger partial charge >= 0.3 is 5.97 Å². The lowest BCUT2D eigenvalue weighted by Gasteiger charge is -2.21. The average molecular weight is 301 g/mol. The van der Waals surface area contributed by atoms with E-state index in [-0.39, 0.29) is 5.91 Å². The maximum Gasteiger partial charge on any atom is 0.310 e. The van der Waals surface area contributed by atoms with Gasteiger partial charge in [-0.05, 0) is 12.1 Å². The average Bonchev–Trinajstić information content (AvgIpc) is 3.15. The minimum Gasteiger partial charge on any atom is -0.497 e. The quantitative estimate of drug-likeness (QED) is 0.845. The number of hydrogen-bond donors (Lipinski definition) is 1. The summed E-state index contributed by atoms with van der Waals surface area (Å²) >= 11 is 0. The number of ether oxygens (including phenoxy) is 2. The zero-order chi connectivity index (χ0) is 15.5. The second kappa shape index (κ2) is 4.33. The zero-order valence-corrected chi connectivity index (χ0v) is 11.9. The highest BCUT2D eigenvalue weighted by Crippen LogP contribution is 2.52. The molecular weight excluding hydrogens is 286 g/mol. The molecule has 1 spiro atoms. The van der Waals surface area contributed by atoms with Gasteiger partial charge in [0, 0.05) is 11.8 Å². The number of nitrogens with zero attached hydrogens (tertiary/aromatic N) is 1. The second-order valence-electron chi connectivity index (χ2n) is 5.86. The summed E-state index contributed by atoms with van der Waals surface area (Å²) in [4.78, 5) is 25.9. The summed E-state index contributed by atoms with van der Waals surface area (Å²) in [6.45, 7) is 0.334. The first-order valence-electron chi connectivity index (χ1n) is 7.11. The van der Waals surface area contributed by atoms with Crippen LogP contribution in [0.1, 0.15) is 0 Å². The monoisotopic (exact) mass is 301 g/mol. The molecular formula is C16H15NO5. The molecule has 22 heavy (non-hydrogen) atoms. The molecule has 4 atom stereocenters. The highest BCUT2D eigenvalue weighted by atomic mass is 16.5. The van der Waals surface area contributed by atoms with Crippen molar-refractivity contribution in [3.05, 3.63) is 36.4 Å². The van der Waals surface area contributed by atoms with Gasteiger partial charge in [-0.3, -0.25) is 9.59 Å².